The molecule has 0 heterocycles. The van der Waals surface area contributed by atoms with E-state index in [0.717, 1.165) is 6.07 Å². The molecule has 0 amide bonds. The van der Waals surface area contributed by atoms with E-state index in [4.69, 9.17) is 0 Å². The van der Waals surface area contributed by atoms with Crippen LogP contribution in [0.25, 0.3) is 0 Å². The summed E-state index contributed by atoms with van der Waals surface area (Å²) in [7, 11) is 0. The number of benzene rings is 2. The molecule has 0 aromatic heterocycles. The number of phenolic OH excluding ortho intramolecular Hbond substituents is 5. The number of carbonyl (C=O) groups is 1. The van der Waals surface area contributed by atoms with Gasteiger partial charge in [0.2, 0.25) is 5.78 Å². The maximum absolute atomic E-state index is 12.1. The fourth-order valence-electron chi connectivity index (χ4n) is 1.64. The van der Waals surface area contributed by atoms with Gasteiger partial charge in [0.15, 0.2) is 23.0 Å². The van der Waals surface area contributed by atoms with Crippen LogP contribution in [0.3, 0.4) is 0 Å². The predicted octanol–water partition coefficient (Wildman–Crippen LogP) is 1.45. The second-order valence-electron chi connectivity index (χ2n) is 3.87. The largest absolute Gasteiger partial charge is 0.508 e. The van der Waals surface area contributed by atoms with Gasteiger partial charge in [-0.05, 0) is 12.1 Å². The Morgan fingerprint density at radius 1 is 0.842 bits per heavy atom. The van der Waals surface area contributed by atoms with Gasteiger partial charge in [0, 0.05) is 11.6 Å². The summed E-state index contributed by atoms with van der Waals surface area (Å²) in [5.41, 5.74) is -0.654. The Kier molecular flexibility index (Phi) is 2.92. The Morgan fingerprint density at radius 3 is 1.95 bits per heavy atom. The van der Waals surface area contributed by atoms with E-state index in [9.17, 15) is 30.3 Å². The highest BCUT2D eigenvalue weighted by Crippen LogP contribution is 2.43. The minimum Gasteiger partial charge on any atom is -0.508 e. The third kappa shape index (κ3) is 2.11. The normalized spacial score (nSPS) is 10.3. The van der Waals surface area contributed by atoms with Crippen molar-refractivity contribution < 1.29 is 30.3 Å². The molecule has 6 nitrogen and oxygen atoms in total. The minimum absolute atomic E-state index is 0.0180. The first-order valence-corrected chi connectivity index (χ1v) is 5.22. The van der Waals surface area contributed by atoms with E-state index in [-0.39, 0.29) is 11.3 Å². The lowest BCUT2D eigenvalue weighted by atomic mass is 10.0. The summed E-state index contributed by atoms with van der Waals surface area (Å²) in [6.45, 7) is 0. The average Bonchev–Trinajstić information content (AvgIpc) is 2.36. The molecule has 6 heteroatoms. The van der Waals surface area contributed by atoms with Crippen molar-refractivity contribution in [2.45, 2.75) is 0 Å². The SMILES string of the molecule is O=C(c1cccc(O)c1)c1c(O)c(O)cc(O)c1O. The first kappa shape index (κ1) is 12.6. The molecular weight excluding hydrogens is 252 g/mol. The fraction of sp³-hybridized carbons (Fsp3) is 0. The molecule has 0 unspecified atom stereocenters. The van der Waals surface area contributed by atoms with E-state index in [1.165, 1.54) is 18.2 Å². The second-order valence-corrected chi connectivity index (χ2v) is 3.87. The Labute approximate surface area is 107 Å². The number of ketones is 1. The van der Waals surface area contributed by atoms with Crippen molar-refractivity contribution in [1.29, 1.82) is 0 Å². The molecule has 0 aliphatic rings. The van der Waals surface area contributed by atoms with E-state index in [1.807, 2.05) is 0 Å². The van der Waals surface area contributed by atoms with Crippen LogP contribution in [0.4, 0.5) is 0 Å². The van der Waals surface area contributed by atoms with Crippen molar-refractivity contribution in [3.05, 3.63) is 41.5 Å². The summed E-state index contributed by atoms with van der Waals surface area (Å²) in [6.07, 6.45) is 0. The van der Waals surface area contributed by atoms with Crippen molar-refractivity contribution in [3.8, 4) is 28.7 Å². The standard InChI is InChI=1S/C13H10O6/c14-7-3-1-2-6(4-7)11(17)10-12(18)8(15)5-9(16)13(10)19/h1-5,14-16,18-19H. The van der Waals surface area contributed by atoms with Crippen LogP contribution in [0, 0.1) is 0 Å². The zero-order chi connectivity index (χ0) is 14.2. The van der Waals surface area contributed by atoms with E-state index < -0.39 is 34.3 Å². The molecule has 2 aromatic rings. The van der Waals surface area contributed by atoms with Crippen LogP contribution in [0.1, 0.15) is 15.9 Å². The van der Waals surface area contributed by atoms with Crippen molar-refractivity contribution in [2.75, 3.05) is 0 Å². The minimum atomic E-state index is -0.850. The lowest BCUT2D eigenvalue weighted by molar-refractivity contribution is 0.103. The molecule has 0 radical (unpaired) electrons. The van der Waals surface area contributed by atoms with E-state index in [2.05, 4.69) is 0 Å². The van der Waals surface area contributed by atoms with Crippen LogP contribution >= 0.6 is 0 Å². The van der Waals surface area contributed by atoms with Gasteiger partial charge >= 0.3 is 0 Å². The smallest absolute Gasteiger partial charge is 0.200 e. The number of rotatable bonds is 2. The number of aromatic hydroxyl groups is 5. The molecule has 2 rings (SSSR count). The third-order valence-electron chi connectivity index (χ3n) is 2.57. The summed E-state index contributed by atoms with van der Waals surface area (Å²) < 4.78 is 0. The highest BCUT2D eigenvalue weighted by molar-refractivity contribution is 6.13. The Bertz CT molecular complexity index is 636. The lowest BCUT2D eigenvalue weighted by Crippen LogP contribution is -2.02. The molecule has 19 heavy (non-hydrogen) atoms. The van der Waals surface area contributed by atoms with Crippen LogP contribution in [0.5, 0.6) is 28.7 Å². The maximum atomic E-state index is 12.1. The molecule has 0 saturated carbocycles. The monoisotopic (exact) mass is 262 g/mol. The molecule has 0 bridgehead atoms. The third-order valence-corrected chi connectivity index (χ3v) is 2.57. The first-order chi connectivity index (χ1) is 8.91. The van der Waals surface area contributed by atoms with Crippen LogP contribution < -0.4 is 0 Å². The van der Waals surface area contributed by atoms with Gasteiger partial charge in [-0.25, -0.2) is 0 Å². The molecule has 0 atom stereocenters. The molecule has 0 fully saturated rings. The molecule has 2 aromatic carbocycles. The molecular formula is C13H10O6. The Balaban J connectivity index is 2.62. The number of phenols is 5. The van der Waals surface area contributed by atoms with Crippen LogP contribution in [-0.2, 0) is 0 Å². The molecule has 5 N–H and O–H groups in total. The van der Waals surface area contributed by atoms with Gasteiger partial charge in [0.05, 0.1) is 0 Å². The average molecular weight is 262 g/mol. The molecule has 0 spiro atoms. The quantitative estimate of drug-likeness (QED) is 0.317. The lowest BCUT2D eigenvalue weighted by Gasteiger charge is -2.09. The van der Waals surface area contributed by atoms with Gasteiger partial charge in [-0.15, -0.1) is 0 Å². The van der Waals surface area contributed by atoms with E-state index in [1.54, 1.807) is 0 Å². The van der Waals surface area contributed by atoms with Crippen molar-refractivity contribution in [2.24, 2.45) is 0 Å². The Morgan fingerprint density at radius 2 is 1.42 bits per heavy atom. The van der Waals surface area contributed by atoms with Gasteiger partial charge in [-0.1, -0.05) is 12.1 Å². The fourth-order valence-corrected chi connectivity index (χ4v) is 1.64. The van der Waals surface area contributed by atoms with Crippen LogP contribution in [0.2, 0.25) is 0 Å². The summed E-state index contributed by atoms with van der Waals surface area (Å²) in [6, 6.07) is 5.93. The Hall–Kier alpha value is -2.89. The summed E-state index contributed by atoms with van der Waals surface area (Å²) in [4.78, 5) is 12.1. The van der Waals surface area contributed by atoms with Crippen LogP contribution in [-0.4, -0.2) is 31.3 Å². The summed E-state index contributed by atoms with van der Waals surface area (Å²) in [5.74, 6) is -4.18. The number of carbonyl (C=O) groups excluding carboxylic acids is 1. The first-order valence-electron chi connectivity index (χ1n) is 5.22. The zero-order valence-corrected chi connectivity index (χ0v) is 9.53. The van der Waals surface area contributed by atoms with Gasteiger partial charge in [-0.2, -0.15) is 0 Å². The molecule has 0 aliphatic carbocycles. The zero-order valence-electron chi connectivity index (χ0n) is 9.53. The van der Waals surface area contributed by atoms with Gasteiger partial charge in [0.25, 0.3) is 0 Å². The van der Waals surface area contributed by atoms with Crippen LogP contribution in [0.15, 0.2) is 30.3 Å². The second kappa shape index (κ2) is 4.41. The van der Waals surface area contributed by atoms with Gasteiger partial charge < -0.3 is 25.5 Å². The molecule has 0 saturated heterocycles. The molecule has 0 aliphatic heterocycles. The highest BCUT2D eigenvalue weighted by atomic mass is 16.3. The number of hydrogen-bond acceptors (Lipinski definition) is 6. The van der Waals surface area contributed by atoms with E-state index >= 15 is 0 Å². The van der Waals surface area contributed by atoms with Crippen molar-refractivity contribution in [3.63, 3.8) is 0 Å². The van der Waals surface area contributed by atoms with E-state index in [0.29, 0.717) is 6.07 Å². The molecule has 98 valence electrons. The maximum Gasteiger partial charge on any atom is 0.200 e. The predicted molar refractivity (Wildman–Crippen MR) is 64.6 cm³/mol. The number of hydrogen-bond donors (Lipinski definition) is 5. The van der Waals surface area contributed by atoms with Crippen molar-refractivity contribution >= 4 is 5.78 Å². The van der Waals surface area contributed by atoms with Crippen molar-refractivity contribution in [1.82, 2.24) is 0 Å². The highest BCUT2D eigenvalue weighted by Gasteiger charge is 2.24. The summed E-state index contributed by atoms with van der Waals surface area (Å²) >= 11 is 0. The van der Waals surface area contributed by atoms with Gasteiger partial charge in [-0.3, -0.25) is 4.79 Å². The topological polar surface area (TPSA) is 118 Å². The van der Waals surface area contributed by atoms with Gasteiger partial charge in [0.1, 0.15) is 11.3 Å². The summed E-state index contributed by atoms with van der Waals surface area (Å²) in [5, 5.41) is 47.1.